The van der Waals surface area contributed by atoms with Gasteiger partial charge in [0, 0.05) is 12.1 Å². The number of nitrogens with zero attached hydrogens (tertiary/aromatic N) is 2. The molecular formula is C10H9F5N4O2. The number of nitro groups is 1. The number of rotatable bonds is 5. The third kappa shape index (κ3) is 4.00. The number of halogens is 5. The van der Waals surface area contributed by atoms with Gasteiger partial charge in [-0.1, -0.05) is 12.1 Å². The molecule has 0 fully saturated rings. The number of nitrogens with one attached hydrogen (secondary N) is 1. The summed E-state index contributed by atoms with van der Waals surface area (Å²) in [5.74, 6) is -7.16. The number of hydrazone groups is 1. The van der Waals surface area contributed by atoms with E-state index in [1.807, 2.05) is 5.43 Å². The van der Waals surface area contributed by atoms with E-state index in [4.69, 9.17) is 0 Å². The quantitative estimate of drug-likeness (QED) is 0.286. The molecule has 21 heavy (non-hydrogen) atoms. The van der Waals surface area contributed by atoms with E-state index in [0.717, 1.165) is 12.1 Å². The van der Waals surface area contributed by atoms with Crippen LogP contribution in [0.15, 0.2) is 29.4 Å². The Balaban J connectivity index is 2.67. The lowest BCUT2D eigenvalue weighted by Gasteiger charge is -2.18. The van der Waals surface area contributed by atoms with Crippen molar-refractivity contribution in [3.63, 3.8) is 0 Å². The van der Waals surface area contributed by atoms with Gasteiger partial charge in [-0.2, -0.15) is 27.1 Å². The largest absolute Gasteiger partial charge is 0.461 e. The average Bonchev–Trinajstić information content (AvgIpc) is 2.37. The molecule has 1 aromatic carbocycles. The van der Waals surface area contributed by atoms with E-state index in [1.165, 1.54) is 12.1 Å². The van der Waals surface area contributed by atoms with Gasteiger partial charge in [-0.3, -0.25) is 10.1 Å². The lowest BCUT2D eigenvalue weighted by molar-refractivity contribution is -0.384. The van der Waals surface area contributed by atoms with Crippen LogP contribution in [0.25, 0.3) is 0 Å². The van der Waals surface area contributed by atoms with Crippen LogP contribution in [-0.4, -0.2) is 22.9 Å². The molecule has 0 bridgehead atoms. The van der Waals surface area contributed by atoms with Crippen LogP contribution < -0.4 is 11.2 Å². The van der Waals surface area contributed by atoms with Crippen LogP contribution in [0.4, 0.5) is 27.6 Å². The van der Waals surface area contributed by atoms with Crippen LogP contribution in [0, 0.1) is 10.1 Å². The first-order valence-corrected chi connectivity index (χ1v) is 5.30. The number of hydrogen-bond donors (Lipinski definition) is 2. The summed E-state index contributed by atoms with van der Waals surface area (Å²) >= 11 is 0. The van der Waals surface area contributed by atoms with E-state index in [0.29, 0.717) is 5.56 Å². The molecule has 116 valence electrons. The van der Waals surface area contributed by atoms with Gasteiger partial charge in [0.2, 0.25) is 0 Å². The third-order valence-electron chi connectivity index (χ3n) is 2.31. The molecule has 0 aliphatic heterocycles. The Morgan fingerprint density at radius 1 is 1.24 bits per heavy atom. The summed E-state index contributed by atoms with van der Waals surface area (Å²) in [6.45, 7) is -0.230. The van der Waals surface area contributed by atoms with Crippen LogP contribution in [0.3, 0.4) is 0 Å². The number of alkyl halides is 5. The van der Waals surface area contributed by atoms with Crippen molar-refractivity contribution in [3.8, 4) is 0 Å². The molecule has 0 aliphatic carbocycles. The van der Waals surface area contributed by atoms with Gasteiger partial charge < -0.3 is 11.2 Å². The standard InChI is InChI=1S/C10H9F5N4O2/c11-9(12,10(13,14)15)8(16)18-17-5-6-1-3-7(4-2-6)19(20)21/h1-4,17H,5H2,(H2,16,18). The van der Waals surface area contributed by atoms with Gasteiger partial charge in [-0.05, 0) is 5.56 Å². The van der Waals surface area contributed by atoms with Gasteiger partial charge in [0.1, 0.15) is 0 Å². The van der Waals surface area contributed by atoms with E-state index < -0.39 is 22.9 Å². The number of nitro benzene ring substituents is 1. The summed E-state index contributed by atoms with van der Waals surface area (Å²) in [6.07, 6.45) is -5.84. The maximum absolute atomic E-state index is 12.7. The van der Waals surface area contributed by atoms with E-state index in [-0.39, 0.29) is 12.2 Å². The van der Waals surface area contributed by atoms with E-state index in [2.05, 4.69) is 10.8 Å². The highest BCUT2D eigenvalue weighted by molar-refractivity contribution is 5.88. The topological polar surface area (TPSA) is 93.5 Å². The van der Waals surface area contributed by atoms with Crippen LogP contribution >= 0.6 is 0 Å². The van der Waals surface area contributed by atoms with E-state index >= 15 is 0 Å². The molecule has 0 aliphatic rings. The Hall–Kier alpha value is -2.46. The molecule has 0 spiro atoms. The normalized spacial score (nSPS) is 13.1. The fourth-order valence-electron chi connectivity index (χ4n) is 1.17. The van der Waals surface area contributed by atoms with E-state index in [9.17, 15) is 32.1 Å². The van der Waals surface area contributed by atoms with Gasteiger partial charge >= 0.3 is 12.1 Å². The zero-order chi connectivity index (χ0) is 16.3. The number of amidine groups is 1. The van der Waals surface area contributed by atoms with Crippen molar-refractivity contribution >= 4 is 11.5 Å². The molecule has 1 aromatic rings. The summed E-state index contributed by atoms with van der Waals surface area (Å²) < 4.78 is 61.2. The van der Waals surface area contributed by atoms with Crippen molar-refractivity contribution in [2.45, 2.75) is 18.6 Å². The predicted octanol–water partition coefficient (Wildman–Crippen LogP) is 2.15. The van der Waals surface area contributed by atoms with Crippen LogP contribution in [-0.2, 0) is 6.54 Å². The predicted molar refractivity (Wildman–Crippen MR) is 62.6 cm³/mol. The minimum Gasteiger partial charge on any atom is -0.380 e. The zero-order valence-electron chi connectivity index (χ0n) is 10.2. The highest BCUT2D eigenvalue weighted by Crippen LogP contribution is 2.35. The first-order chi connectivity index (χ1) is 9.55. The Bertz CT molecular complexity index is 541. The molecule has 0 atom stereocenters. The maximum Gasteiger partial charge on any atom is 0.461 e. The van der Waals surface area contributed by atoms with Crippen molar-refractivity contribution in [1.82, 2.24) is 5.43 Å². The number of benzene rings is 1. The maximum atomic E-state index is 12.7. The molecule has 0 saturated carbocycles. The smallest absolute Gasteiger partial charge is 0.380 e. The van der Waals surface area contributed by atoms with Crippen LogP contribution in [0.2, 0.25) is 0 Å². The Labute approximate surface area is 114 Å². The lowest BCUT2D eigenvalue weighted by Crippen LogP contribution is -2.49. The molecule has 0 saturated heterocycles. The summed E-state index contributed by atoms with van der Waals surface area (Å²) in [6, 6.07) is 4.88. The first kappa shape index (κ1) is 16.6. The van der Waals surface area contributed by atoms with Gasteiger partial charge in [-0.25, -0.2) is 0 Å². The summed E-state index contributed by atoms with van der Waals surface area (Å²) in [5, 5.41) is 13.1. The molecule has 6 nitrogen and oxygen atoms in total. The first-order valence-electron chi connectivity index (χ1n) is 5.30. The van der Waals surface area contributed by atoms with Crippen molar-refractivity contribution in [3.05, 3.63) is 39.9 Å². The van der Waals surface area contributed by atoms with Crippen LogP contribution in [0.5, 0.6) is 0 Å². The Kier molecular flexibility index (Phi) is 4.66. The summed E-state index contributed by atoms with van der Waals surface area (Å²) in [5.41, 5.74) is 6.73. The van der Waals surface area contributed by atoms with Gasteiger partial charge in [0.15, 0.2) is 5.84 Å². The fourth-order valence-corrected chi connectivity index (χ4v) is 1.17. The zero-order valence-corrected chi connectivity index (χ0v) is 10.2. The fraction of sp³-hybridized carbons (Fsp3) is 0.300. The summed E-state index contributed by atoms with van der Waals surface area (Å²) in [7, 11) is 0. The molecule has 3 N–H and O–H groups in total. The van der Waals surface area contributed by atoms with Crippen molar-refractivity contribution in [2.24, 2.45) is 10.8 Å². The average molecular weight is 312 g/mol. The number of hydrogen-bond acceptors (Lipinski definition) is 4. The lowest BCUT2D eigenvalue weighted by atomic mass is 10.2. The molecule has 0 amide bonds. The van der Waals surface area contributed by atoms with Gasteiger partial charge in [-0.15, -0.1) is 0 Å². The molecular weight excluding hydrogens is 303 g/mol. The molecule has 11 heteroatoms. The van der Waals surface area contributed by atoms with Crippen molar-refractivity contribution in [2.75, 3.05) is 0 Å². The van der Waals surface area contributed by atoms with Crippen LogP contribution in [0.1, 0.15) is 5.56 Å². The molecule has 0 aromatic heterocycles. The van der Waals surface area contributed by atoms with Gasteiger partial charge in [0.25, 0.3) is 5.69 Å². The third-order valence-corrected chi connectivity index (χ3v) is 2.31. The van der Waals surface area contributed by atoms with Crippen molar-refractivity contribution in [1.29, 1.82) is 0 Å². The highest BCUT2D eigenvalue weighted by atomic mass is 19.4. The second kappa shape index (κ2) is 5.89. The monoisotopic (exact) mass is 312 g/mol. The van der Waals surface area contributed by atoms with Crippen molar-refractivity contribution < 1.29 is 26.9 Å². The number of nitrogens with two attached hydrogens (primary N) is 1. The second-order valence-electron chi connectivity index (χ2n) is 3.83. The molecule has 0 heterocycles. The molecule has 0 unspecified atom stereocenters. The van der Waals surface area contributed by atoms with E-state index in [1.54, 1.807) is 0 Å². The Morgan fingerprint density at radius 2 is 1.76 bits per heavy atom. The van der Waals surface area contributed by atoms with Gasteiger partial charge in [0.05, 0.1) is 11.5 Å². The molecule has 1 rings (SSSR count). The number of non-ortho nitro benzene ring substituents is 1. The minimum absolute atomic E-state index is 0.189. The summed E-state index contributed by atoms with van der Waals surface area (Å²) in [4.78, 5) is 9.74. The Morgan fingerprint density at radius 3 is 2.19 bits per heavy atom. The molecule has 0 radical (unpaired) electrons. The SMILES string of the molecule is N/C(=N\NCc1ccc([N+](=O)[O-])cc1)C(F)(F)C(F)(F)F. The minimum atomic E-state index is -5.84. The highest BCUT2D eigenvalue weighted by Gasteiger charge is 2.61. The second-order valence-corrected chi connectivity index (χ2v) is 3.83.